The number of nitrogens with one attached hydrogen (secondary N) is 1. The van der Waals surface area contributed by atoms with Crippen molar-refractivity contribution in [2.75, 3.05) is 38.2 Å². The van der Waals surface area contributed by atoms with Gasteiger partial charge in [0.2, 0.25) is 5.91 Å². The summed E-state index contributed by atoms with van der Waals surface area (Å²) in [6.07, 6.45) is 0.00322. The third kappa shape index (κ3) is 8.48. The van der Waals surface area contributed by atoms with E-state index in [4.69, 9.17) is 32.7 Å². The van der Waals surface area contributed by atoms with Gasteiger partial charge < -0.3 is 19.7 Å². The van der Waals surface area contributed by atoms with Crippen molar-refractivity contribution in [3.05, 3.63) is 33.8 Å². The summed E-state index contributed by atoms with van der Waals surface area (Å²) >= 11 is 12.2. The number of amides is 2. The van der Waals surface area contributed by atoms with Crippen LogP contribution in [-0.4, -0.2) is 69.2 Å². The molecular weight excluding hydrogens is 467 g/mol. The Bertz CT molecular complexity index is 917. The van der Waals surface area contributed by atoms with Gasteiger partial charge in [-0.1, -0.05) is 29.3 Å². The Balaban J connectivity index is 2.24. The highest BCUT2D eigenvalue weighted by molar-refractivity contribution is 7.91. The fourth-order valence-electron chi connectivity index (χ4n) is 3.15. The van der Waals surface area contributed by atoms with Gasteiger partial charge in [-0.15, -0.1) is 0 Å². The number of hydrogen-bond donors (Lipinski definition) is 1. The van der Waals surface area contributed by atoms with Crippen LogP contribution in [0.1, 0.15) is 32.4 Å². The zero-order chi connectivity index (χ0) is 23.4. The van der Waals surface area contributed by atoms with E-state index in [1.54, 1.807) is 39.0 Å². The predicted molar refractivity (Wildman–Crippen MR) is 119 cm³/mol. The molecule has 0 radical (unpaired) electrons. The van der Waals surface area contributed by atoms with Crippen LogP contribution in [0.25, 0.3) is 0 Å². The van der Waals surface area contributed by atoms with Gasteiger partial charge in [-0.25, -0.2) is 13.2 Å². The fraction of sp³-hybridized carbons (Fsp3) is 0.600. The monoisotopic (exact) mass is 494 g/mol. The van der Waals surface area contributed by atoms with Crippen LogP contribution in [0.5, 0.6) is 0 Å². The van der Waals surface area contributed by atoms with E-state index in [2.05, 4.69) is 5.32 Å². The molecule has 2 rings (SSSR count). The summed E-state index contributed by atoms with van der Waals surface area (Å²) in [4.78, 5) is 26.2. The molecule has 1 heterocycles. The van der Waals surface area contributed by atoms with Gasteiger partial charge in [0.15, 0.2) is 9.84 Å². The van der Waals surface area contributed by atoms with E-state index in [9.17, 15) is 18.0 Å². The lowest BCUT2D eigenvalue weighted by molar-refractivity contribution is -0.119. The quantitative estimate of drug-likeness (QED) is 0.674. The highest BCUT2D eigenvalue weighted by Crippen LogP contribution is 2.33. The third-order valence-corrected chi connectivity index (χ3v) is 5.95. The van der Waals surface area contributed by atoms with E-state index in [1.165, 1.54) is 4.90 Å². The van der Waals surface area contributed by atoms with Gasteiger partial charge in [-0.05, 0) is 38.5 Å². The Kier molecular flexibility index (Phi) is 8.61. The predicted octanol–water partition coefficient (Wildman–Crippen LogP) is 3.08. The van der Waals surface area contributed by atoms with E-state index < -0.39 is 39.3 Å². The molecule has 0 unspecified atom stereocenters. The average molecular weight is 495 g/mol. The Labute approximate surface area is 193 Å². The Hall–Kier alpha value is -1.55. The van der Waals surface area contributed by atoms with Gasteiger partial charge in [0, 0.05) is 31.8 Å². The van der Waals surface area contributed by atoms with Crippen molar-refractivity contribution in [3.8, 4) is 0 Å². The summed E-state index contributed by atoms with van der Waals surface area (Å²) in [5.41, 5.74) is 0.0785. The first-order chi connectivity index (χ1) is 14.2. The number of carbonyl (C=O) groups is 2. The van der Waals surface area contributed by atoms with Crippen LogP contribution in [0.3, 0.4) is 0 Å². The molecule has 1 saturated heterocycles. The van der Waals surface area contributed by atoms with Gasteiger partial charge in [0.05, 0.1) is 22.8 Å². The van der Waals surface area contributed by atoms with E-state index in [0.29, 0.717) is 16.6 Å². The van der Waals surface area contributed by atoms with Crippen molar-refractivity contribution in [3.63, 3.8) is 0 Å². The molecule has 1 aromatic carbocycles. The van der Waals surface area contributed by atoms with Crippen molar-refractivity contribution in [2.24, 2.45) is 5.92 Å². The molecular formula is C20H28Cl2N2O6S. The van der Waals surface area contributed by atoms with E-state index in [1.807, 2.05) is 0 Å². The molecule has 0 bridgehead atoms. The second kappa shape index (κ2) is 10.4. The Morgan fingerprint density at radius 3 is 2.52 bits per heavy atom. The summed E-state index contributed by atoms with van der Waals surface area (Å²) in [5, 5.41) is 3.39. The number of hydrogen-bond acceptors (Lipinski definition) is 6. The number of sulfone groups is 1. The second-order valence-electron chi connectivity index (χ2n) is 8.53. The van der Waals surface area contributed by atoms with Crippen LogP contribution < -0.4 is 5.32 Å². The minimum Gasteiger partial charge on any atom is -0.444 e. The van der Waals surface area contributed by atoms with Crippen LogP contribution in [0.4, 0.5) is 4.79 Å². The van der Waals surface area contributed by atoms with Crippen LogP contribution in [0.15, 0.2) is 18.2 Å². The molecule has 174 valence electrons. The van der Waals surface area contributed by atoms with Crippen molar-refractivity contribution in [1.29, 1.82) is 0 Å². The summed E-state index contributed by atoms with van der Waals surface area (Å²) < 4.78 is 34.3. The van der Waals surface area contributed by atoms with Crippen LogP contribution in [-0.2, 0) is 24.1 Å². The number of rotatable bonds is 5. The zero-order valence-electron chi connectivity index (χ0n) is 18.0. The molecule has 31 heavy (non-hydrogen) atoms. The molecule has 0 aliphatic carbocycles. The average Bonchev–Trinajstić information content (AvgIpc) is 2.82. The highest BCUT2D eigenvalue weighted by atomic mass is 35.5. The fourth-order valence-corrected chi connectivity index (χ4v) is 4.04. The third-order valence-electron chi connectivity index (χ3n) is 4.42. The number of ether oxygens (including phenoxy) is 2. The molecule has 1 fully saturated rings. The summed E-state index contributed by atoms with van der Waals surface area (Å²) in [6, 6.07) is 5.11. The Morgan fingerprint density at radius 1 is 1.26 bits per heavy atom. The zero-order valence-corrected chi connectivity index (χ0v) is 20.3. The molecule has 0 saturated carbocycles. The lowest BCUT2D eigenvalue weighted by atomic mass is 9.95. The van der Waals surface area contributed by atoms with Gasteiger partial charge in [0.1, 0.15) is 11.4 Å². The van der Waals surface area contributed by atoms with Crippen molar-refractivity contribution in [2.45, 2.75) is 32.5 Å². The van der Waals surface area contributed by atoms with Crippen molar-refractivity contribution in [1.82, 2.24) is 10.2 Å². The molecule has 1 N–H and O–H groups in total. The molecule has 1 aromatic rings. The van der Waals surface area contributed by atoms with E-state index in [0.717, 1.165) is 11.8 Å². The maximum Gasteiger partial charge on any atom is 0.410 e. The topological polar surface area (TPSA) is 102 Å². The molecule has 0 spiro atoms. The van der Waals surface area contributed by atoms with Crippen LogP contribution >= 0.6 is 23.2 Å². The minimum atomic E-state index is -3.46. The maximum atomic E-state index is 12.6. The smallest absolute Gasteiger partial charge is 0.410 e. The van der Waals surface area contributed by atoms with Crippen molar-refractivity contribution < 1.29 is 27.5 Å². The molecule has 11 heteroatoms. The lowest BCUT2D eigenvalue weighted by Gasteiger charge is -2.30. The number of benzene rings is 1. The molecule has 1 aliphatic heterocycles. The maximum absolute atomic E-state index is 12.6. The summed E-state index contributed by atoms with van der Waals surface area (Å²) in [5.74, 6) is -1.62. The number of nitrogens with zero attached hydrogens (tertiary/aromatic N) is 1. The van der Waals surface area contributed by atoms with Crippen LogP contribution in [0.2, 0.25) is 10.0 Å². The van der Waals surface area contributed by atoms with E-state index in [-0.39, 0.29) is 25.6 Å². The first-order valence-corrected chi connectivity index (χ1v) is 12.6. The SMILES string of the molecule is CC(C)(C)OC(=O)N1CCO[C@@H](c2ccc(Cl)c(Cl)c2)[C@H](CNC(=O)CS(C)(=O)=O)C1. The molecule has 0 aromatic heterocycles. The van der Waals surface area contributed by atoms with Crippen LogP contribution in [0, 0.1) is 5.92 Å². The number of halogens is 2. The normalized spacial score (nSPS) is 20.1. The van der Waals surface area contributed by atoms with Gasteiger partial charge in [-0.2, -0.15) is 0 Å². The lowest BCUT2D eigenvalue weighted by Crippen LogP contribution is -2.43. The minimum absolute atomic E-state index is 0.0958. The van der Waals surface area contributed by atoms with Crippen molar-refractivity contribution >= 4 is 45.0 Å². The van der Waals surface area contributed by atoms with Gasteiger partial charge in [-0.3, -0.25) is 4.79 Å². The molecule has 8 nitrogen and oxygen atoms in total. The number of carbonyl (C=O) groups excluding carboxylic acids is 2. The summed E-state index contributed by atoms with van der Waals surface area (Å²) in [7, 11) is -3.46. The first-order valence-electron chi connectivity index (χ1n) is 9.74. The largest absolute Gasteiger partial charge is 0.444 e. The standard InChI is InChI=1S/C20H28Cl2N2O6S/c1-20(2,3)30-19(26)24-7-8-29-18(13-5-6-15(21)16(22)9-13)14(11-24)10-23-17(25)12-31(4,27)28/h5-6,9,14,18H,7-8,10-12H2,1-4H3,(H,23,25)/t14-,18+/m1/s1. The van der Waals surface area contributed by atoms with Gasteiger partial charge in [0.25, 0.3) is 0 Å². The highest BCUT2D eigenvalue weighted by Gasteiger charge is 2.33. The van der Waals surface area contributed by atoms with E-state index >= 15 is 0 Å². The summed E-state index contributed by atoms with van der Waals surface area (Å²) in [6.45, 7) is 6.22. The second-order valence-corrected chi connectivity index (χ2v) is 11.5. The molecule has 1 aliphatic rings. The van der Waals surface area contributed by atoms with Gasteiger partial charge >= 0.3 is 6.09 Å². The Morgan fingerprint density at radius 2 is 1.94 bits per heavy atom. The molecule has 2 atom stereocenters. The first kappa shape index (κ1) is 25.7. The molecule has 2 amide bonds.